The van der Waals surface area contributed by atoms with Crippen LogP contribution >= 0.6 is 27.3 Å². The van der Waals surface area contributed by atoms with Crippen LogP contribution in [0.25, 0.3) is 11.3 Å². The first-order valence-corrected chi connectivity index (χ1v) is 6.46. The highest BCUT2D eigenvalue weighted by molar-refractivity contribution is 9.11. The van der Waals surface area contributed by atoms with Crippen LogP contribution in [-0.4, -0.2) is 11.6 Å². The van der Waals surface area contributed by atoms with E-state index in [1.807, 2.05) is 31.2 Å². The van der Waals surface area contributed by atoms with Crippen molar-refractivity contribution in [2.24, 2.45) is 0 Å². The Kier molecular flexibility index (Phi) is 3.46. The van der Waals surface area contributed by atoms with Gasteiger partial charge in [-0.1, -0.05) is 11.3 Å². The fraction of sp³-hybridized carbons (Fsp3) is 0.182. The lowest BCUT2D eigenvalue weighted by Crippen LogP contribution is -1.90. The van der Waals surface area contributed by atoms with Crippen LogP contribution in [0.1, 0.15) is 6.92 Å². The Morgan fingerprint density at radius 2 is 2.06 bits per heavy atom. The normalized spacial score (nSPS) is 10.4. The molecule has 0 fully saturated rings. The topological polar surface area (TPSA) is 48.1 Å². The van der Waals surface area contributed by atoms with Crippen LogP contribution in [0, 0.1) is 0 Å². The molecule has 0 aliphatic heterocycles. The van der Waals surface area contributed by atoms with Crippen LogP contribution in [0.4, 0.5) is 5.13 Å². The summed E-state index contributed by atoms with van der Waals surface area (Å²) in [6.07, 6.45) is 0. The van der Waals surface area contributed by atoms with Gasteiger partial charge in [0, 0.05) is 5.56 Å². The molecule has 0 saturated carbocycles. The first kappa shape index (κ1) is 11.4. The molecule has 0 aliphatic carbocycles. The average molecular weight is 299 g/mol. The van der Waals surface area contributed by atoms with Gasteiger partial charge in [0.15, 0.2) is 5.13 Å². The van der Waals surface area contributed by atoms with E-state index in [1.54, 1.807) is 0 Å². The SMILES string of the molecule is CCOc1ccc(-c2nc(N)sc2Br)cc1. The Morgan fingerprint density at radius 1 is 1.38 bits per heavy atom. The number of benzene rings is 1. The Morgan fingerprint density at radius 3 is 2.56 bits per heavy atom. The Bertz CT molecular complexity index is 481. The van der Waals surface area contributed by atoms with Crippen LogP contribution in [0.5, 0.6) is 5.75 Å². The van der Waals surface area contributed by atoms with E-state index in [0.717, 1.165) is 20.8 Å². The molecule has 16 heavy (non-hydrogen) atoms. The van der Waals surface area contributed by atoms with Crippen LogP contribution < -0.4 is 10.5 Å². The van der Waals surface area contributed by atoms with E-state index in [4.69, 9.17) is 10.5 Å². The van der Waals surface area contributed by atoms with Gasteiger partial charge in [0.25, 0.3) is 0 Å². The number of anilines is 1. The zero-order chi connectivity index (χ0) is 11.5. The van der Waals surface area contributed by atoms with Gasteiger partial charge in [-0.2, -0.15) is 0 Å². The number of ether oxygens (including phenoxy) is 1. The molecule has 0 atom stereocenters. The van der Waals surface area contributed by atoms with E-state index < -0.39 is 0 Å². The first-order chi connectivity index (χ1) is 7.70. The van der Waals surface area contributed by atoms with E-state index in [1.165, 1.54) is 11.3 Å². The first-order valence-electron chi connectivity index (χ1n) is 4.85. The zero-order valence-electron chi connectivity index (χ0n) is 8.74. The van der Waals surface area contributed by atoms with Crippen molar-refractivity contribution < 1.29 is 4.74 Å². The van der Waals surface area contributed by atoms with E-state index >= 15 is 0 Å². The number of thiazole rings is 1. The van der Waals surface area contributed by atoms with Crippen molar-refractivity contribution in [1.82, 2.24) is 4.98 Å². The van der Waals surface area contributed by atoms with Crippen molar-refractivity contribution >= 4 is 32.4 Å². The third-order valence-electron chi connectivity index (χ3n) is 2.04. The second-order valence-corrected chi connectivity index (χ2v) is 5.48. The third kappa shape index (κ3) is 2.36. The number of aromatic nitrogens is 1. The van der Waals surface area contributed by atoms with Gasteiger partial charge < -0.3 is 10.5 Å². The summed E-state index contributed by atoms with van der Waals surface area (Å²) in [4.78, 5) is 4.26. The highest BCUT2D eigenvalue weighted by atomic mass is 79.9. The quantitative estimate of drug-likeness (QED) is 0.942. The highest BCUT2D eigenvalue weighted by Gasteiger charge is 2.09. The summed E-state index contributed by atoms with van der Waals surface area (Å²) in [6.45, 7) is 2.64. The second kappa shape index (κ2) is 4.84. The predicted octanol–water partition coefficient (Wildman–Crippen LogP) is 3.55. The molecule has 0 radical (unpaired) electrons. The summed E-state index contributed by atoms with van der Waals surface area (Å²) in [5, 5.41) is 0.566. The van der Waals surface area contributed by atoms with Crippen molar-refractivity contribution in [2.75, 3.05) is 12.3 Å². The van der Waals surface area contributed by atoms with E-state index in [9.17, 15) is 0 Å². The molecule has 2 N–H and O–H groups in total. The molecule has 0 unspecified atom stereocenters. The molecule has 5 heteroatoms. The average Bonchev–Trinajstić information content (AvgIpc) is 2.59. The molecule has 0 saturated heterocycles. The lowest BCUT2D eigenvalue weighted by atomic mass is 10.2. The number of halogens is 1. The van der Waals surface area contributed by atoms with Gasteiger partial charge in [0.05, 0.1) is 16.1 Å². The molecule has 0 bridgehead atoms. The number of hydrogen-bond donors (Lipinski definition) is 1. The van der Waals surface area contributed by atoms with Crippen molar-refractivity contribution in [3.05, 3.63) is 28.1 Å². The smallest absolute Gasteiger partial charge is 0.181 e. The number of nitrogens with two attached hydrogens (primary N) is 1. The molecule has 1 aromatic carbocycles. The van der Waals surface area contributed by atoms with Gasteiger partial charge in [-0.05, 0) is 47.1 Å². The molecule has 1 aromatic heterocycles. The lowest BCUT2D eigenvalue weighted by Gasteiger charge is -2.03. The lowest BCUT2D eigenvalue weighted by molar-refractivity contribution is 0.340. The summed E-state index contributed by atoms with van der Waals surface area (Å²) < 4.78 is 6.33. The summed E-state index contributed by atoms with van der Waals surface area (Å²) in [7, 11) is 0. The maximum absolute atomic E-state index is 5.65. The summed E-state index contributed by atoms with van der Waals surface area (Å²) in [5.74, 6) is 0.866. The van der Waals surface area contributed by atoms with Crippen LogP contribution in [-0.2, 0) is 0 Å². The number of rotatable bonds is 3. The fourth-order valence-electron chi connectivity index (χ4n) is 1.37. The highest BCUT2D eigenvalue weighted by Crippen LogP contribution is 2.34. The van der Waals surface area contributed by atoms with E-state index in [-0.39, 0.29) is 0 Å². The minimum absolute atomic E-state index is 0.566. The number of nitrogen functional groups attached to an aromatic ring is 1. The van der Waals surface area contributed by atoms with Crippen LogP contribution in [0.3, 0.4) is 0 Å². The summed E-state index contributed by atoms with van der Waals surface area (Å²) in [5.41, 5.74) is 7.56. The molecule has 2 aromatic rings. The maximum atomic E-state index is 5.65. The molecular weight excluding hydrogens is 288 g/mol. The number of hydrogen-bond acceptors (Lipinski definition) is 4. The Balaban J connectivity index is 2.31. The van der Waals surface area contributed by atoms with Crippen molar-refractivity contribution in [3.8, 4) is 17.0 Å². The summed E-state index contributed by atoms with van der Waals surface area (Å²) in [6, 6.07) is 7.82. The molecule has 3 nitrogen and oxygen atoms in total. The van der Waals surface area contributed by atoms with Crippen LogP contribution in [0.15, 0.2) is 28.1 Å². The zero-order valence-corrected chi connectivity index (χ0v) is 11.1. The maximum Gasteiger partial charge on any atom is 0.181 e. The third-order valence-corrected chi connectivity index (χ3v) is 3.58. The Hall–Kier alpha value is -1.07. The molecule has 2 rings (SSSR count). The standard InChI is InChI=1S/C11H11BrN2OS/c1-2-15-8-5-3-7(4-6-8)9-10(12)16-11(13)14-9/h3-6H,2H2,1H3,(H2,13,14). The van der Waals surface area contributed by atoms with E-state index in [2.05, 4.69) is 20.9 Å². The van der Waals surface area contributed by atoms with Gasteiger partial charge >= 0.3 is 0 Å². The molecule has 1 heterocycles. The molecule has 0 aliphatic rings. The van der Waals surface area contributed by atoms with Crippen molar-refractivity contribution in [1.29, 1.82) is 0 Å². The van der Waals surface area contributed by atoms with Crippen molar-refractivity contribution in [3.63, 3.8) is 0 Å². The van der Waals surface area contributed by atoms with Gasteiger partial charge in [0.2, 0.25) is 0 Å². The monoisotopic (exact) mass is 298 g/mol. The van der Waals surface area contributed by atoms with Crippen molar-refractivity contribution in [2.45, 2.75) is 6.92 Å². The fourth-order valence-corrected chi connectivity index (χ4v) is 2.77. The molecule has 84 valence electrons. The summed E-state index contributed by atoms with van der Waals surface area (Å²) >= 11 is 4.88. The van der Waals surface area contributed by atoms with Crippen LogP contribution in [0.2, 0.25) is 0 Å². The van der Waals surface area contributed by atoms with E-state index in [0.29, 0.717) is 11.7 Å². The minimum atomic E-state index is 0.566. The van der Waals surface area contributed by atoms with Gasteiger partial charge in [-0.15, -0.1) is 0 Å². The Labute approximate surface area is 106 Å². The second-order valence-electron chi connectivity index (χ2n) is 3.13. The van der Waals surface area contributed by atoms with Gasteiger partial charge in [-0.3, -0.25) is 0 Å². The predicted molar refractivity (Wildman–Crippen MR) is 70.8 cm³/mol. The largest absolute Gasteiger partial charge is 0.494 e. The molecule has 0 spiro atoms. The molecule has 0 amide bonds. The minimum Gasteiger partial charge on any atom is -0.494 e. The van der Waals surface area contributed by atoms with Gasteiger partial charge in [-0.25, -0.2) is 4.98 Å². The van der Waals surface area contributed by atoms with Gasteiger partial charge in [0.1, 0.15) is 5.75 Å². The molecular formula is C11H11BrN2OS. The number of nitrogens with zero attached hydrogens (tertiary/aromatic N) is 1.